The van der Waals surface area contributed by atoms with E-state index in [0.29, 0.717) is 4.99 Å². The number of pyridine rings is 1. The van der Waals surface area contributed by atoms with Gasteiger partial charge in [-0.25, -0.2) is 4.98 Å². The predicted molar refractivity (Wildman–Crippen MR) is 80.2 cm³/mol. The lowest BCUT2D eigenvalue weighted by Gasteiger charge is -2.22. The van der Waals surface area contributed by atoms with Crippen molar-refractivity contribution in [3.8, 4) is 0 Å². The van der Waals surface area contributed by atoms with Crippen molar-refractivity contribution in [3.05, 3.63) is 22.9 Å². The molecule has 3 nitrogen and oxygen atoms in total. The van der Waals surface area contributed by atoms with Gasteiger partial charge in [0.05, 0.1) is 5.56 Å². The number of thiocarbonyl (C=S) groups is 1. The van der Waals surface area contributed by atoms with Crippen LogP contribution in [0.1, 0.15) is 36.6 Å². The van der Waals surface area contributed by atoms with Crippen LogP contribution in [0, 0.1) is 19.8 Å². The highest BCUT2D eigenvalue weighted by atomic mass is 32.1. The van der Waals surface area contributed by atoms with Crippen LogP contribution in [0.5, 0.6) is 0 Å². The maximum Gasteiger partial charge on any atom is 0.139 e. The molecule has 18 heavy (non-hydrogen) atoms. The number of aryl methyl sites for hydroxylation is 2. The molecule has 0 aromatic carbocycles. The van der Waals surface area contributed by atoms with E-state index < -0.39 is 0 Å². The molecule has 1 atom stereocenters. The Morgan fingerprint density at radius 1 is 1.56 bits per heavy atom. The molecular formula is C14H21N3S. The van der Waals surface area contributed by atoms with Crippen LogP contribution in [0.25, 0.3) is 0 Å². The Morgan fingerprint density at radius 3 is 2.83 bits per heavy atom. The Bertz CT molecular complexity index is 470. The van der Waals surface area contributed by atoms with Gasteiger partial charge in [0, 0.05) is 18.8 Å². The third-order valence-corrected chi connectivity index (χ3v) is 3.94. The van der Waals surface area contributed by atoms with Crippen LogP contribution in [0.2, 0.25) is 0 Å². The molecule has 1 aromatic heterocycles. The van der Waals surface area contributed by atoms with Gasteiger partial charge in [-0.15, -0.1) is 0 Å². The molecule has 1 saturated heterocycles. The van der Waals surface area contributed by atoms with Gasteiger partial charge in [-0.2, -0.15) is 0 Å². The van der Waals surface area contributed by atoms with Crippen molar-refractivity contribution in [2.45, 2.75) is 33.6 Å². The van der Waals surface area contributed by atoms with Crippen LogP contribution in [0.3, 0.4) is 0 Å². The summed E-state index contributed by atoms with van der Waals surface area (Å²) in [6, 6.07) is 2.05. The van der Waals surface area contributed by atoms with Gasteiger partial charge in [-0.3, -0.25) is 0 Å². The van der Waals surface area contributed by atoms with Crippen molar-refractivity contribution < 1.29 is 0 Å². The van der Waals surface area contributed by atoms with Gasteiger partial charge in [-0.1, -0.05) is 25.6 Å². The summed E-state index contributed by atoms with van der Waals surface area (Å²) in [5.74, 6) is 1.75. The maximum absolute atomic E-state index is 5.87. The first kappa shape index (κ1) is 13.3. The van der Waals surface area contributed by atoms with Gasteiger partial charge in [0.15, 0.2) is 0 Å². The van der Waals surface area contributed by atoms with Gasteiger partial charge < -0.3 is 10.6 Å². The summed E-state index contributed by atoms with van der Waals surface area (Å²) < 4.78 is 0. The number of aromatic nitrogens is 1. The molecule has 0 radical (unpaired) electrons. The molecular weight excluding hydrogens is 242 g/mol. The van der Waals surface area contributed by atoms with E-state index in [1.54, 1.807) is 0 Å². The largest absolute Gasteiger partial charge is 0.389 e. The maximum atomic E-state index is 5.87. The van der Waals surface area contributed by atoms with Crippen molar-refractivity contribution in [2.75, 3.05) is 18.0 Å². The van der Waals surface area contributed by atoms with Crippen LogP contribution >= 0.6 is 12.2 Å². The minimum Gasteiger partial charge on any atom is -0.389 e. The molecule has 2 heterocycles. The molecule has 1 unspecified atom stereocenters. The second kappa shape index (κ2) is 5.22. The molecule has 0 aliphatic carbocycles. The third-order valence-electron chi connectivity index (χ3n) is 3.73. The highest BCUT2D eigenvalue weighted by Gasteiger charge is 2.25. The number of hydrogen-bond acceptors (Lipinski definition) is 3. The molecule has 2 rings (SSSR count). The van der Waals surface area contributed by atoms with Gasteiger partial charge in [0.25, 0.3) is 0 Å². The molecule has 2 N–H and O–H groups in total. The van der Waals surface area contributed by atoms with Gasteiger partial charge in [-0.05, 0) is 37.8 Å². The van der Waals surface area contributed by atoms with Crippen LogP contribution < -0.4 is 10.6 Å². The summed E-state index contributed by atoms with van der Waals surface area (Å²) in [6.45, 7) is 8.46. The lowest BCUT2D eigenvalue weighted by molar-refractivity contribution is 0.568. The van der Waals surface area contributed by atoms with Crippen molar-refractivity contribution in [1.82, 2.24) is 4.98 Å². The van der Waals surface area contributed by atoms with E-state index in [0.717, 1.165) is 41.6 Å². The van der Waals surface area contributed by atoms with E-state index >= 15 is 0 Å². The van der Waals surface area contributed by atoms with Crippen molar-refractivity contribution in [2.24, 2.45) is 11.7 Å². The summed E-state index contributed by atoms with van der Waals surface area (Å²) in [5.41, 5.74) is 8.98. The molecule has 1 aliphatic rings. The van der Waals surface area contributed by atoms with Crippen molar-refractivity contribution >= 4 is 23.0 Å². The van der Waals surface area contributed by atoms with E-state index in [1.165, 1.54) is 12.8 Å². The predicted octanol–water partition coefficient (Wildman–Crippen LogP) is 2.57. The average molecular weight is 263 g/mol. The van der Waals surface area contributed by atoms with Crippen molar-refractivity contribution in [1.29, 1.82) is 0 Å². The average Bonchev–Trinajstić information content (AvgIpc) is 2.75. The first-order chi connectivity index (χ1) is 8.52. The highest BCUT2D eigenvalue weighted by Crippen LogP contribution is 2.28. The zero-order valence-electron chi connectivity index (χ0n) is 11.4. The Kier molecular flexibility index (Phi) is 3.85. The molecule has 4 heteroatoms. The second-order valence-electron chi connectivity index (χ2n) is 5.15. The second-order valence-corrected chi connectivity index (χ2v) is 5.59. The Morgan fingerprint density at radius 2 is 2.28 bits per heavy atom. The fourth-order valence-electron chi connectivity index (χ4n) is 2.71. The minimum atomic E-state index is 0.454. The molecule has 1 aromatic rings. The Labute approximate surface area is 114 Å². The monoisotopic (exact) mass is 263 g/mol. The SMILES string of the molecule is CCC1CCN(c2nc(C)cc(C)c2C(N)=S)C1. The first-order valence-corrected chi connectivity index (χ1v) is 6.96. The quantitative estimate of drug-likeness (QED) is 0.851. The molecule has 98 valence electrons. The fraction of sp³-hybridized carbons (Fsp3) is 0.571. The minimum absolute atomic E-state index is 0.454. The standard InChI is InChI=1S/C14H21N3S/c1-4-11-5-6-17(8-11)14-12(13(15)18)9(2)7-10(3)16-14/h7,11H,4-6,8H2,1-3H3,(H2,15,18). The van der Waals surface area contributed by atoms with E-state index in [-0.39, 0.29) is 0 Å². The third kappa shape index (κ3) is 2.48. The molecule has 0 spiro atoms. The summed E-state index contributed by atoms with van der Waals surface area (Å²) >= 11 is 5.18. The topological polar surface area (TPSA) is 42.2 Å². The number of nitrogens with two attached hydrogens (primary N) is 1. The van der Waals surface area contributed by atoms with Crippen LogP contribution in [-0.4, -0.2) is 23.1 Å². The normalized spacial score (nSPS) is 19.3. The summed E-state index contributed by atoms with van der Waals surface area (Å²) in [6.07, 6.45) is 2.46. The molecule has 0 saturated carbocycles. The lowest BCUT2D eigenvalue weighted by Crippen LogP contribution is -2.26. The summed E-state index contributed by atoms with van der Waals surface area (Å²) in [5, 5.41) is 0. The Hall–Kier alpha value is -1.16. The molecule has 0 amide bonds. The van der Waals surface area contributed by atoms with E-state index in [2.05, 4.69) is 23.7 Å². The van der Waals surface area contributed by atoms with E-state index in [1.807, 2.05) is 13.0 Å². The fourth-order valence-corrected chi connectivity index (χ4v) is 2.96. The zero-order valence-corrected chi connectivity index (χ0v) is 12.2. The zero-order chi connectivity index (χ0) is 13.3. The summed E-state index contributed by atoms with van der Waals surface area (Å²) in [4.78, 5) is 7.45. The van der Waals surface area contributed by atoms with Gasteiger partial charge >= 0.3 is 0 Å². The number of anilines is 1. The number of rotatable bonds is 3. The molecule has 1 fully saturated rings. The van der Waals surface area contributed by atoms with Crippen LogP contribution in [0.15, 0.2) is 6.07 Å². The molecule has 0 bridgehead atoms. The number of nitrogens with zero attached hydrogens (tertiary/aromatic N) is 2. The van der Waals surface area contributed by atoms with E-state index in [9.17, 15) is 0 Å². The molecule has 1 aliphatic heterocycles. The van der Waals surface area contributed by atoms with E-state index in [4.69, 9.17) is 18.0 Å². The van der Waals surface area contributed by atoms with Crippen LogP contribution in [-0.2, 0) is 0 Å². The Balaban J connectivity index is 2.40. The van der Waals surface area contributed by atoms with Gasteiger partial charge in [0.2, 0.25) is 0 Å². The number of hydrogen-bond donors (Lipinski definition) is 1. The smallest absolute Gasteiger partial charge is 0.139 e. The highest BCUT2D eigenvalue weighted by molar-refractivity contribution is 7.80. The van der Waals surface area contributed by atoms with Crippen molar-refractivity contribution in [3.63, 3.8) is 0 Å². The first-order valence-electron chi connectivity index (χ1n) is 6.56. The van der Waals surface area contributed by atoms with Crippen LogP contribution in [0.4, 0.5) is 5.82 Å². The lowest BCUT2D eigenvalue weighted by atomic mass is 10.1. The van der Waals surface area contributed by atoms with Gasteiger partial charge in [0.1, 0.15) is 10.8 Å². The summed E-state index contributed by atoms with van der Waals surface area (Å²) in [7, 11) is 0.